The van der Waals surface area contributed by atoms with Gasteiger partial charge in [0.25, 0.3) is 0 Å². The van der Waals surface area contributed by atoms with Crippen molar-refractivity contribution in [2.75, 3.05) is 52.2 Å². The molecule has 1 N–H and O–H groups in total. The Morgan fingerprint density at radius 1 is 1.23 bits per heavy atom. The molecule has 2 aliphatic heterocycles. The van der Waals surface area contributed by atoms with Crippen LogP contribution in [0.3, 0.4) is 0 Å². The number of hydrogen-bond donors (Lipinski definition) is 1. The number of carbonyl (C=O) groups is 1. The van der Waals surface area contributed by atoms with Gasteiger partial charge in [0.1, 0.15) is 5.75 Å². The third kappa shape index (κ3) is 5.15. The molecule has 1 amide bonds. The van der Waals surface area contributed by atoms with Crippen LogP contribution in [0, 0.1) is 11.8 Å². The molecule has 0 aliphatic carbocycles. The number of amides is 1. The van der Waals surface area contributed by atoms with Crippen LogP contribution in [0.25, 0.3) is 0 Å². The first-order valence-electron chi connectivity index (χ1n) is 9.57. The molecule has 3 rings (SSSR count). The van der Waals surface area contributed by atoms with Crippen LogP contribution >= 0.6 is 11.8 Å². The molecule has 5 nitrogen and oxygen atoms in total. The molecule has 0 aromatic heterocycles. The van der Waals surface area contributed by atoms with Crippen molar-refractivity contribution >= 4 is 17.7 Å². The minimum atomic E-state index is 0.164. The molecule has 2 atom stereocenters. The second kappa shape index (κ2) is 9.62. The van der Waals surface area contributed by atoms with Crippen molar-refractivity contribution in [3.8, 4) is 5.75 Å². The summed E-state index contributed by atoms with van der Waals surface area (Å²) in [5.74, 6) is 2.01. The molecule has 2 heterocycles. The Labute approximate surface area is 160 Å². The molecule has 0 saturated carbocycles. The van der Waals surface area contributed by atoms with Crippen LogP contribution in [-0.2, 0) is 4.79 Å². The number of piperidine rings is 1. The second-order valence-corrected chi connectivity index (χ2v) is 8.38. The topological polar surface area (TPSA) is 53.0 Å². The van der Waals surface area contributed by atoms with Gasteiger partial charge in [-0.05, 0) is 50.0 Å². The lowest BCUT2D eigenvalue weighted by atomic mass is 9.95. The fourth-order valence-electron chi connectivity index (χ4n) is 3.96. The van der Waals surface area contributed by atoms with E-state index in [9.17, 15) is 9.90 Å². The van der Waals surface area contributed by atoms with Gasteiger partial charge in [-0.3, -0.25) is 4.79 Å². The summed E-state index contributed by atoms with van der Waals surface area (Å²) in [5, 5.41) is 9.76. The summed E-state index contributed by atoms with van der Waals surface area (Å²) in [4.78, 5) is 18.1. The second-order valence-electron chi connectivity index (χ2n) is 7.33. The number of ether oxygens (including phenoxy) is 1. The van der Waals surface area contributed by atoms with Gasteiger partial charge < -0.3 is 19.6 Å². The Balaban J connectivity index is 1.50. The van der Waals surface area contributed by atoms with E-state index in [1.807, 2.05) is 29.2 Å². The zero-order chi connectivity index (χ0) is 18.4. The largest absolute Gasteiger partial charge is 0.497 e. The van der Waals surface area contributed by atoms with E-state index in [4.69, 9.17) is 4.74 Å². The zero-order valence-electron chi connectivity index (χ0n) is 15.6. The minimum Gasteiger partial charge on any atom is -0.497 e. The van der Waals surface area contributed by atoms with Gasteiger partial charge in [-0.1, -0.05) is 12.5 Å². The Morgan fingerprint density at radius 2 is 2.00 bits per heavy atom. The fraction of sp³-hybridized carbons (Fsp3) is 0.650. The maximum Gasteiger partial charge on any atom is 0.232 e. The monoisotopic (exact) mass is 378 g/mol. The maximum atomic E-state index is 12.7. The summed E-state index contributed by atoms with van der Waals surface area (Å²) in [7, 11) is 1.65. The predicted molar refractivity (Wildman–Crippen MR) is 105 cm³/mol. The molecule has 2 saturated heterocycles. The van der Waals surface area contributed by atoms with Crippen LogP contribution in [0.15, 0.2) is 29.2 Å². The summed E-state index contributed by atoms with van der Waals surface area (Å²) in [6.45, 7) is 4.97. The van der Waals surface area contributed by atoms with E-state index >= 15 is 0 Å². The Kier molecular flexibility index (Phi) is 7.23. The highest BCUT2D eigenvalue weighted by Gasteiger charge is 2.35. The van der Waals surface area contributed by atoms with Crippen LogP contribution in [0.1, 0.15) is 19.3 Å². The molecular weight excluding hydrogens is 348 g/mol. The number of likely N-dealkylation sites (tertiary alicyclic amines) is 2. The summed E-state index contributed by atoms with van der Waals surface area (Å²) in [5.41, 5.74) is 0. The predicted octanol–water partition coefficient (Wildman–Crippen LogP) is 2.34. The number of hydrogen-bond acceptors (Lipinski definition) is 5. The molecular formula is C20H30N2O3S. The third-order valence-electron chi connectivity index (χ3n) is 5.51. The number of thioether (sulfide) groups is 1. The van der Waals surface area contributed by atoms with Crippen molar-refractivity contribution in [1.82, 2.24) is 9.80 Å². The number of rotatable bonds is 7. The molecule has 0 bridgehead atoms. The summed E-state index contributed by atoms with van der Waals surface area (Å²) < 4.78 is 5.24. The van der Waals surface area contributed by atoms with Gasteiger partial charge in [-0.15, -0.1) is 11.8 Å². The van der Waals surface area contributed by atoms with Gasteiger partial charge in [-0.25, -0.2) is 0 Å². The lowest BCUT2D eigenvalue weighted by Gasteiger charge is -2.30. The standard InChI is InChI=1S/C20H30N2O3S/c1-25-18-6-5-7-19(10-18)26-15-20(24)22-12-16(17(13-22)14-23)11-21-8-3-2-4-9-21/h5-7,10,16-17,23H,2-4,8-9,11-15H2,1H3/t16-,17-/m1/s1. The van der Waals surface area contributed by atoms with Crippen LogP contribution in [0.2, 0.25) is 0 Å². The van der Waals surface area contributed by atoms with Crippen molar-refractivity contribution in [3.05, 3.63) is 24.3 Å². The third-order valence-corrected chi connectivity index (χ3v) is 6.49. The van der Waals surface area contributed by atoms with Gasteiger partial charge in [-0.2, -0.15) is 0 Å². The van der Waals surface area contributed by atoms with Gasteiger partial charge in [0, 0.05) is 37.1 Å². The van der Waals surface area contributed by atoms with E-state index in [1.54, 1.807) is 18.9 Å². The number of aliphatic hydroxyl groups excluding tert-OH is 1. The van der Waals surface area contributed by atoms with Crippen molar-refractivity contribution in [3.63, 3.8) is 0 Å². The number of aliphatic hydroxyl groups is 1. The molecule has 6 heteroatoms. The fourth-order valence-corrected chi connectivity index (χ4v) is 4.80. The van der Waals surface area contributed by atoms with Crippen LogP contribution in [0.5, 0.6) is 5.75 Å². The van der Waals surface area contributed by atoms with E-state index in [1.165, 1.54) is 19.3 Å². The molecule has 1 aromatic carbocycles. The molecule has 26 heavy (non-hydrogen) atoms. The van der Waals surface area contributed by atoms with Gasteiger partial charge in [0.2, 0.25) is 5.91 Å². The van der Waals surface area contributed by atoms with E-state index in [2.05, 4.69) is 4.90 Å². The Bertz CT molecular complexity index is 592. The Morgan fingerprint density at radius 3 is 2.73 bits per heavy atom. The number of nitrogens with zero attached hydrogens (tertiary/aromatic N) is 2. The number of methoxy groups -OCH3 is 1. The molecule has 2 fully saturated rings. The lowest BCUT2D eigenvalue weighted by Crippen LogP contribution is -2.37. The average molecular weight is 379 g/mol. The van der Waals surface area contributed by atoms with Gasteiger partial charge >= 0.3 is 0 Å². The highest BCUT2D eigenvalue weighted by molar-refractivity contribution is 8.00. The van der Waals surface area contributed by atoms with Crippen LogP contribution in [0.4, 0.5) is 0 Å². The van der Waals surface area contributed by atoms with Crippen molar-refractivity contribution in [2.45, 2.75) is 24.2 Å². The average Bonchev–Trinajstić information content (AvgIpc) is 3.10. The van der Waals surface area contributed by atoms with Crippen LogP contribution in [-0.4, -0.2) is 73.0 Å². The van der Waals surface area contributed by atoms with E-state index in [0.29, 0.717) is 18.2 Å². The molecule has 2 aliphatic rings. The zero-order valence-corrected chi connectivity index (χ0v) is 16.4. The SMILES string of the molecule is COc1cccc(SCC(=O)N2C[C@@H](CN3CCCCC3)[C@@H](CO)C2)c1. The van der Waals surface area contributed by atoms with Gasteiger partial charge in [0.15, 0.2) is 0 Å². The maximum absolute atomic E-state index is 12.7. The quantitative estimate of drug-likeness (QED) is 0.738. The van der Waals surface area contributed by atoms with Crippen molar-refractivity contribution < 1.29 is 14.6 Å². The molecule has 1 aromatic rings. The highest BCUT2D eigenvalue weighted by atomic mass is 32.2. The first-order valence-corrected chi connectivity index (χ1v) is 10.6. The summed E-state index contributed by atoms with van der Waals surface area (Å²) in [6, 6.07) is 7.80. The number of benzene rings is 1. The molecule has 144 valence electrons. The van der Waals surface area contributed by atoms with Gasteiger partial charge in [0.05, 0.1) is 12.9 Å². The summed E-state index contributed by atoms with van der Waals surface area (Å²) in [6.07, 6.45) is 3.88. The van der Waals surface area contributed by atoms with E-state index < -0.39 is 0 Å². The van der Waals surface area contributed by atoms with Crippen molar-refractivity contribution in [2.24, 2.45) is 11.8 Å². The van der Waals surface area contributed by atoms with Crippen LogP contribution < -0.4 is 4.74 Å². The normalized spacial score (nSPS) is 24.0. The Hall–Kier alpha value is -1.24. The summed E-state index contributed by atoms with van der Waals surface area (Å²) >= 11 is 1.55. The minimum absolute atomic E-state index is 0.164. The first-order chi connectivity index (χ1) is 12.7. The molecule has 0 radical (unpaired) electrons. The van der Waals surface area contributed by atoms with E-state index in [0.717, 1.165) is 36.8 Å². The van der Waals surface area contributed by atoms with E-state index in [-0.39, 0.29) is 18.4 Å². The number of carbonyl (C=O) groups excluding carboxylic acids is 1. The molecule has 0 unspecified atom stereocenters. The smallest absolute Gasteiger partial charge is 0.232 e. The molecule has 0 spiro atoms. The highest BCUT2D eigenvalue weighted by Crippen LogP contribution is 2.28. The first kappa shape index (κ1) is 19.5. The lowest BCUT2D eigenvalue weighted by molar-refractivity contribution is -0.127. The van der Waals surface area contributed by atoms with Crippen molar-refractivity contribution in [1.29, 1.82) is 0 Å².